The highest BCUT2D eigenvalue weighted by molar-refractivity contribution is 7.11. The number of rotatable bonds is 6. The van der Waals surface area contributed by atoms with Gasteiger partial charge in [-0.05, 0) is 92.3 Å². The van der Waals surface area contributed by atoms with Gasteiger partial charge in [0.2, 0.25) is 5.91 Å². The Labute approximate surface area is 189 Å². The van der Waals surface area contributed by atoms with Gasteiger partial charge in [0.1, 0.15) is 5.82 Å². The van der Waals surface area contributed by atoms with Crippen molar-refractivity contribution in [3.05, 3.63) is 63.1 Å². The van der Waals surface area contributed by atoms with Crippen molar-refractivity contribution < 1.29 is 9.18 Å². The largest absolute Gasteiger partial charge is 0.343 e. The molecule has 166 valence electrons. The smallest absolute Gasteiger partial charge is 0.222 e. The monoisotopic (exact) mass is 440 g/mol. The van der Waals surface area contributed by atoms with Gasteiger partial charge in [-0.1, -0.05) is 17.7 Å². The number of benzene rings is 1. The van der Waals surface area contributed by atoms with Crippen molar-refractivity contribution in [3.63, 3.8) is 0 Å². The van der Waals surface area contributed by atoms with Gasteiger partial charge in [-0.15, -0.1) is 11.3 Å². The molecule has 2 aromatic rings. The van der Waals surface area contributed by atoms with E-state index in [0.29, 0.717) is 12.3 Å². The lowest BCUT2D eigenvalue weighted by Gasteiger charge is -2.30. The molecule has 2 aliphatic rings. The van der Waals surface area contributed by atoms with E-state index in [2.05, 4.69) is 28.2 Å². The van der Waals surface area contributed by atoms with Gasteiger partial charge in [0.15, 0.2) is 0 Å². The zero-order chi connectivity index (χ0) is 21.6. The highest BCUT2D eigenvalue weighted by Crippen LogP contribution is 2.35. The number of thiophene rings is 1. The van der Waals surface area contributed by atoms with Crippen LogP contribution in [0.25, 0.3) is 5.57 Å². The zero-order valence-electron chi connectivity index (χ0n) is 18.5. The highest BCUT2D eigenvalue weighted by atomic mass is 32.1. The summed E-state index contributed by atoms with van der Waals surface area (Å²) in [6, 6.07) is 9.23. The molecule has 0 N–H and O–H groups in total. The van der Waals surface area contributed by atoms with E-state index in [1.54, 1.807) is 23.5 Å². The Kier molecular flexibility index (Phi) is 7.57. The molecular weight excluding hydrogens is 407 g/mol. The maximum atomic E-state index is 14.0. The maximum Gasteiger partial charge on any atom is 0.222 e. The van der Waals surface area contributed by atoms with Crippen LogP contribution in [0, 0.1) is 12.7 Å². The van der Waals surface area contributed by atoms with Gasteiger partial charge in [-0.25, -0.2) is 4.39 Å². The molecule has 0 saturated carbocycles. The molecular formula is C26H33FN2OS. The third kappa shape index (κ3) is 5.83. The molecule has 2 saturated heterocycles. The predicted octanol–water partition coefficient (Wildman–Crippen LogP) is 5.89. The number of carbonyl (C=O) groups excluding carboxylic acids is 1. The summed E-state index contributed by atoms with van der Waals surface area (Å²) >= 11 is 1.75. The third-order valence-electron chi connectivity index (χ3n) is 6.48. The normalized spacial score (nSPS) is 17.7. The van der Waals surface area contributed by atoms with Crippen LogP contribution in [0.4, 0.5) is 4.39 Å². The summed E-state index contributed by atoms with van der Waals surface area (Å²) in [5.74, 6) is 0.151. The van der Waals surface area contributed by atoms with Crippen LogP contribution >= 0.6 is 11.3 Å². The van der Waals surface area contributed by atoms with Gasteiger partial charge in [0, 0.05) is 37.5 Å². The van der Waals surface area contributed by atoms with E-state index in [9.17, 15) is 9.18 Å². The summed E-state index contributed by atoms with van der Waals surface area (Å²) in [5.41, 5.74) is 4.88. The van der Waals surface area contributed by atoms with Crippen molar-refractivity contribution >= 4 is 22.8 Å². The fourth-order valence-electron chi connectivity index (χ4n) is 4.78. The van der Waals surface area contributed by atoms with E-state index >= 15 is 0 Å². The van der Waals surface area contributed by atoms with Crippen molar-refractivity contribution in [1.82, 2.24) is 9.80 Å². The first kappa shape index (κ1) is 22.2. The number of hydrogen-bond acceptors (Lipinski definition) is 3. The Morgan fingerprint density at radius 3 is 2.52 bits per heavy atom. The van der Waals surface area contributed by atoms with Crippen molar-refractivity contribution in [2.45, 2.75) is 51.9 Å². The van der Waals surface area contributed by atoms with Crippen LogP contribution in [-0.4, -0.2) is 48.4 Å². The number of hydrogen-bond donors (Lipinski definition) is 0. The second-order valence-electron chi connectivity index (χ2n) is 8.86. The van der Waals surface area contributed by atoms with Crippen molar-refractivity contribution in [3.8, 4) is 0 Å². The van der Waals surface area contributed by atoms with Gasteiger partial charge in [0.05, 0.1) is 0 Å². The third-order valence-corrected chi connectivity index (χ3v) is 7.54. The minimum atomic E-state index is -0.181. The number of piperidine rings is 2. The molecule has 4 rings (SSSR count). The maximum absolute atomic E-state index is 14.0. The quantitative estimate of drug-likeness (QED) is 0.559. The van der Waals surface area contributed by atoms with E-state index in [-0.39, 0.29) is 5.82 Å². The van der Waals surface area contributed by atoms with E-state index in [0.717, 1.165) is 70.4 Å². The van der Waals surface area contributed by atoms with Crippen LogP contribution in [0.15, 0.2) is 41.3 Å². The lowest BCUT2D eigenvalue weighted by Crippen LogP contribution is -2.36. The summed E-state index contributed by atoms with van der Waals surface area (Å²) in [6.45, 7) is 7.01. The van der Waals surface area contributed by atoms with Crippen LogP contribution in [0.3, 0.4) is 0 Å². The zero-order valence-corrected chi connectivity index (χ0v) is 19.4. The second-order valence-corrected chi connectivity index (χ2v) is 9.78. The van der Waals surface area contributed by atoms with Gasteiger partial charge in [0.25, 0.3) is 0 Å². The Morgan fingerprint density at radius 1 is 1.06 bits per heavy atom. The topological polar surface area (TPSA) is 23.6 Å². The summed E-state index contributed by atoms with van der Waals surface area (Å²) in [4.78, 5) is 18.2. The minimum absolute atomic E-state index is 0.181. The summed E-state index contributed by atoms with van der Waals surface area (Å²) < 4.78 is 14.0. The van der Waals surface area contributed by atoms with Gasteiger partial charge in [-0.2, -0.15) is 0 Å². The summed E-state index contributed by atoms with van der Waals surface area (Å²) in [5, 5.41) is 2.17. The molecule has 1 amide bonds. The molecule has 3 heterocycles. The number of halogens is 1. The van der Waals surface area contributed by atoms with E-state index in [4.69, 9.17) is 0 Å². The molecule has 0 unspecified atom stereocenters. The van der Waals surface area contributed by atoms with Gasteiger partial charge < -0.3 is 9.80 Å². The molecule has 3 nitrogen and oxygen atoms in total. The van der Waals surface area contributed by atoms with Crippen molar-refractivity contribution in [2.75, 3.05) is 32.7 Å². The second kappa shape index (κ2) is 10.6. The first-order valence-electron chi connectivity index (χ1n) is 11.6. The van der Waals surface area contributed by atoms with E-state index < -0.39 is 0 Å². The fraction of sp³-hybridized carbons (Fsp3) is 0.500. The Morgan fingerprint density at radius 2 is 1.84 bits per heavy atom. The van der Waals surface area contributed by atoms with Crippen LogP contribution < -0.4 is 0 Å². The average molecular weight is 441 g/mol. The molecule has 31 heavy (non-hydrogen) atoms. The van der Waals surface area contributed by atoms with Crippen molar-refractivity contribution in [1.29, 1.82) is 0 Å². The fourth-order valence-corrected chi connectivity index (χ4v) is 5.79. The molecule has 2 aliphatic heterocycles. The lowest BCUT2D eigenvalue weighted by atomic mass is 9.91. The molecule has 0 spiro atoms. The summed E-state index contributed by atoms with van der Waals surface area (Å²) in [7, 11) is 0. The molecule has 1 aromatic carbocycles. The standard InChI is InChI=1S/C26H33FN2OS/c1-20-17-24(31-19-20)26(22-7-5-8-23(27)18-22)21-10-15-28(16-11-21)12-6-9-25(30)29-13-3-2-4-14-29/h5,7-8,17-19H,2-4,6,9-16H2,1H3. The number of aryl methyl sites for hydroxylation is 1. The predicted molar refractivity (Wildman–Crippen MR) is 127 cm³/mol. The summed E-state index contributed by atoms with van der Waals surface area (Å²) in [6.07, 6.45) is 7.19. The first-order valence-corrected chi connectivity index (χ1v) is 12.5. The SMILES string of the molecule is Cc1csc(C(=C2CCN(CCCC(=O)N3CCCCC3)CC2)c2cccc(F)c2)c1. The lowest BCUT2D eigenvalue weighted by molar-refractivity contribution is -0.132. The average Bonchev–Trinajstić information content (AvgIpc) is 3.21. The number of carbonyl (C=O) groups is 1. The van der Waals surface area contributed by atoms with Crippen LogP contribution in [-0.2, 0) is 4.79 Å². The number of amides is 1. The molecule has 0 bridgehead atoms. The minimum Gasteiger partial charge on any atom is -0.343 e. The van der Waals surface area contributed by atoms with Gasteiger partial charge >= 0.3 is 0 Å². The number of nitrogens with zero attached hydrogens (tertiary/aromatic N) is 2. The Balaban J connectivity index is 1.37. The van der Waals surface area contributed by atoms with E-state index in [1.807, 2.05) is 6.07 Å². The Hall–Kier alpha value is -1.98. The molecule has 5 heteroatoms. The van der Waals surface area contributed by atoms with E-state index in [1.165, 1.54) is 34.1 Å². The van der Waals surface area contributed by atoms with Crippen LogP contribution in [0.2, 0.25) is 0 Å². The first-order chi connectivity index (χ1) is 15.1. The highest BCUT2D eigenvalue weighted by Gasteiger charge is 2.21. The van der Waals surface area contributed by atoms with Gasteiger partial charge in [-0.3, -0.25) is 4.79 Å². The molecule has 0 aliphatic carbocycles. The molecule has 0 radical (unpaired) electrons. The van der Waals surface area contributed by atoms with Crippen LogP contribution in [0.5, 0.6) is 0 Å². The van der Waals surface area contributed by atoms with Crippen molar-refractivity contribution in [2.24, 2.45) is 0 Å². The molecule has 2 fully saturated rings. The Bertz CT molecular complexity index is 919. The number of likely N-dealkylation sites (tertiary alicyclic amines) is 2. The molecule has 1 aromatic heterocycles. The molecule has 0 atom stereocenters. The van der Waals surface area contributed by atoms with Crippen LogP contribution in [0.1, 0.15) is 60.9 Å².